The zero-order valence-electron chi connectivity index (χ0n) is 18.2. The predicted octanol–water partition coefficient (Wildman–Crippen LogP) is 1.17. The second-order valence-electron chi connectivity index (χ2n) is 6.75. The molecule has 0 amide bonds. The number of esters is 2. The molecule has 170 valence electrons. The standard InChI is InChI=1S/C20H27N3O8/c1-9-10-29-13(6)21-18(26)22(14(7)30-16(24)11(2)3)20(28)23(19(21)27)15(8)31-17(25)12(4)5/h9,13-15H,1-2,4,10H2,3,5-8H3. The molecule has 0 aliphatic rings. The van der Waals surface area contributed by atoms with Crippen molar-refractivity contribution in [3.05, 3.63) is 68.4 Å². The fourth-order valence-corrected chi connectivity index (χ4v) is 2.43. The highest BCUT2D eigenvalue weighted by atomic mass is 16.6. The van der Waals surface area contributed by atoms with Crippen LogP contribution in [0, 0.1) is 0 Å². The molecule has 0 spiro atoms. The maximum atomic E-state index is 13.0. The molecule has 0 aromatic carbocycles. The Morgan fingerprint density at radius 3 is 1.42 bits per heavy atom. The average Bonchev–Trinajstić information content (AvgIpc) is 2.65. The monoisotopic (exact) mass is 437 g/mol. The topological polar surface area (TPSA) is 128 Å². The third-order valence-corrected chi connectivity index (χ3v) is 4.03. The normalized spacial score (nSPS) is 13.6. The van der Waals surface area contributed by atoms with Gasteiger partial charge in [0.1, 0.15) is 6.23 Å². The molecule has 31 heavy (non-hydrogen) atoms. The van der Waals surface area contributed by atoms with Crippen LogP contribution < -0.4 is 17.1 Å². The first-order valence-electron chi connectivity index (χ1n) is 9.30. The highest BCUT2D eigenvalue weighted by Crippen LogP contribution is 2.10. The molecule has 3 unspecified atom stereocenters. The fourth-order valence-electron chi connectivity index (χ4n) is 2.43. The molecule has 0 fully saturated rings. The summed E-state index contributed by atoms with van der Waals surface area (Å²) in [6.45, 7) is 17.1. The van der Waals surface area contributed by atoms with Crippen molar-refractivity contribution in [2.75, 3.05) is 6.61 Å². The molecular formula is C20H27N3O8. The molecule has 1 aromatic rings. The lowest BCUT2D eigenvalue weighted by molar-refractivity contribution is -0.149. The van der Waals surface area contributed by atoms with Gasteiger partial charge in [-0.3, -0.25) is 0 Å². The Balaban J connectivity index is 3.77. The van der Waals surface area contributed by atoms with Crippen LogP contribution in [0.5, 0.6) is 0 Å². The zero-order chi connectivity index (χ0) is 24.0. The van der Waals surface area contributed by atoms with E-state index >= 15 is 0 Å². The van der Waals surface area contributed by atoms with Gasteiger partial charge < -0.3 is 14.2 Å². The third-order valence-electron chi connectivity index (χ3n) is 4.03. The summed E-state index contributed by atoms with van der Waals surface area (Å²) in [7, 11) is 0. The van der Waals surface area contributed by atoms with E-state index in [0.29, 0.717) is 13.7 Å². The summed E-state index contributed by atoms with van der Waals surface area (Å²) in [5.74, 6) is -1.69. The van der Waals surface area contributed by atoms with Crippen molar-refractivity contribution < 1.29 is 23.8 Å². The van der Waals surface area contributed by atoms with Gasteiger partial charge in [-0.15, -0.1) is 6.58 Å². The van der Waals surface area contributed by atoms with Gasteiger partial charge in [0.05, 0.1) is 6.61 Å². The highest BCUT2D eigenvalue weighted by molar-refractivity contribution is 5.87. The van der Waals surface area contributed by atoms with Gasteiger partial charge >= 0.3 is 29.0 Å². The van der Waals surface area contributed by atoms with Crippen molar-refractivity contribution in [1.82, 2.24) is 13.7 Å². The van der Waals surface area contributed by atoms with Gasteiger partial charge in [-0.1, -0.05) is 19.2 Å². The summed E-state index contributed by atoms with van der Waals surface area (Å²) in [6, 6.07) is 0. The second kappa shape index (κ2) is 10.5. The summed E-state index contributed by atoms with van der Waals surface area (Å²) >= 11 is 0. The minimum absolute atomic E-state index is 0.00652. The summed E-state index contributed by atoms with van der Waals surface area (Å²) < 4.78 is 17.3. The van der Waals surface area contributed by atoms with E-state index in [-0.39, 0.29) is 17.8 Å². The minimum atomic E-state index is -1.40. The van der Waals surface area contributed by atoms with Gasteiger partial charge in [-0.05, 0) is 34.6 Å². The van der Waals surface area contributed by atoms with Crippen LogP contribution in [0.15, 0.2) is 51.3 Å². The van der Waals surface area contributed by atoms with Crippen LogP contribution in [0.3, 0.4) is 0 Å². The molecule has 0 saturated carbocycles. The Morgan fingerprint density at radius 2 is 1.13 bits per heavy atom. The zero-order valence-corrected chi connectivity index (χ0v) is 18.2. The lowest BCUT2D eigenvalue weighted by atomic mass is 10.4. The molecule has 0 aliphatic heterocycles. The fraction of sp³-hybridized carbons (Fsp3) is 0.450. The van der Waals surface area contributed by atoms with Crippen LogP contribution >= 0.6 is 0 Å². The SMILES string of the molecule is C=CCOC(C)n1c(=O)n(C(C)OC(=O)C(=C)C)c(=O)n(C(C)OC(=O)C(=C)C)c1=O. The third kappa shape index (κ3) is 5.79. The second-order valence-corrected chi connectivity index (χ2v) is 6.75. The van der Waals surface area contributed by atoms with Gasteiger partial charge in [0.15, 0.2) is 12.5 Å². The van der Waals surface area contributed by atoms with E-state index < -0.39 is 47.7 Å². The number of hydrogen-bond donors (Lipinski definition) is 0. The number of carbonyl (C=O) groups excluding carboxylic acids is 2. The molecule has 11 nitrogen and oxygen atoms in total. The molecule has 11 heteroatoms. The van der Waals surface area contributed by atoms with Crippen molar-refractivity contribution in [3.63, 3.8) is 0 Å². The first-order chi connectivity index (χ1) is 14.3. The van der Waals surface area contributed by atoms with Gasteiger partial charge in [0.2, 0.25) is 0 Å². The van der Waals surface area contributed by atoms with E-state index in [1.165, 1.54) is 40.7 Å². The molecule has 0 saturated heterocycles. The number of ether oxygens (including phenoxy) is 3. The number of hydrogen-bond acceptors (Lipinski definition) is 8. The Bertz CT molecular complexity index is 1000. The van der Waals surface area contributed by atoms with Gasteiger partial charge in [0.25, 0.3) is 0 Å². The molecule has 1 rings (SSSR count). The summed E-state index contributed by atoms with van der Waals surface area (Å²) in [6.07, 6.45) is -2.52. The maximum absolute atomic E-state index is 13.0. The van der Waals surface area contributed by atoms with Crippen molar-refractivity contribution in [2.45, 2.75) is 53.3 Å². The highest BCUT2D eigenvalue weighted by Gasteiger charge is 2.27. The lowest BCUT2D eigenvalue weighted by Crippen LogP contribution is -2.57. The first-order valence-corrected chi connectivity index (χ1v) is 9.30. The van der Waals surface area contributed by atoms with E-state index in [2.05, 4.69) is 19.7 Å². The molecule has 3 atom stereocenters. The van der Waals surface area contributed by atoms with Crippen LogP contribution in [-0.4, -0.2) is 32.2 Å². The molecule has 1 aromatic heterocycles. The van der Waals surface area contributed by atoms with E-state index in [1.807, 2.05) is 0 Å². The van der Waals surface area contributed by atoms with Crippen LogP contribution in [0.4, 0.5) is 0 Å². The average molecular weight is 437 g/mol. The predicted molar refractivity (Wildman–Crippen MR) is 111 cm³/mol. The maximum Gasteiger partial charge on any atom is 0.342 e. The van der Waals surface area contributed by atoms with Crippen molar-refractivity contribution >= 4 is 11.9 Å². The van der Waals surface area contributed by atoms with Gasteiger partial charge in [-0.25, -0.2) is 37.7 Å². The summed E-state index contributed by atoms with van der Waals surface area (Å²) in [4.78, 5) is 62.8. The smallest absolute Gasteiger partial charge is 0.342 e. The van der Waals surface area contributed by atoms with Crippen LogP contribution in [0.1, 0.15) is 53.3 Å². The van der Waals surface area contributed by atoms with Crippen molar-refractivity contribution in [3.8, 4) is 0 Å². The molecule has 1 heterocycles. The molecule has 0 bridgehead atoms. The quantitative estimate of drug-likeness (QED) is 0.303. The summed E-state index contributed by atoms with van der Waals surface area (Å²) in [5.41, 5.74) is -3.22. The van der Waals surface area contributed by atoms with Crippen LogP contribution in [0.2, 0.25) is 0 Å². The molecule has 0 N–H and O–H groups in total. The van der Waals surface area contributed by atoms with Crippen LogP contribution in [0.25, 0.3) is 0 Å². The molecule has 0 radical (unpaired) electrons. The number of aromatic nitrogens is 3. The van der Waals surface area contributed by atoms with Gasteiger partial charge in [0, 0.05) is 11.1 Å². The van der Waals surface area contributed by atoms with Gasteiger partial charge in [-0.2, -0.15) is 0 Å². The number of rotatable bonds is 10. The van der Waals surface area contributed by atoms with E-state index in [4.69, 9.17) is 14.2 Å². The Kier molecular flexibility index (Phi) is 8.68. The van der Waals surface area contributed by atoms with Crippen molar-refractivity contribution in [2.24, 2.45) is 0 Å². The summed E-state index contributed by atoms with van der Waals surface area (Å²) in [5, 5.41) is 0. The van der Waals surface area contributed by atoms with Crippen LogP contribution in [-0.2, 0) is 23.8 Å². The molecule has 0 aliphatic carbocycles. The first kappa shape index (κ1) is 25.6. The van der Waals surface area contributed by atoms with E-state index in [1.54, 1.807) is 0 Å². The largest absolute Gasteiger partial charge is 0.438 e. The molecular weight excluding hydrogens is 410 g/mol. The Hall–Kier alpha value is -3.47. The Morgan fingerprint density at radius 1 is 0.806 bits per heavy atom. The minimum Gasteiger partial charge on any atom is -0.438 e. The number of nitrogens with zero attached hydrogens (tertiary/aromatic N) is 3. The van der Waals surface area contributed by atoms with Crippen molar-refractivity contribution in [1.29, 1.82) is 0 Å². The van der Waals surface area contributed by atoms with E-state index in [0.717, 1.165) is 0 Å². The van der Waals surface area contributed by atoms with E-state index in [9.17, 15) is 24.0 Å². The number of carbonyl (C=O) groups is 2. The lowest BCUT2D eigenvalue weighted by Gasteiger charge is -2.23. The Labute approximate surface area is 178 Å².